The number of carbonyl (C=O) groups is 1. The average Bonchev–Trinajstić information content (AvgIpc) is 2.69. The number of anilines is 1. The summed E-state index contributed by atoms with van der Waals surface area (Å²) < 4.78 is 38.3. The number of aromatic amines is 1. The SMILES string of the molecule is Cc1nc(SCC(=O)Nc2cccc(C(F)(F)F)c2)[nH]c(=O)c1Cc1ccccc1. The van der Waals surface area contributed by atoms with Crippen molar-refractivity contribution in [1.29, 1.82) is 0 Å². The molecule has 0 fully saturated rings. The standard InChI is InChI=1S/C21H18F3N3O2S/c1-13-17(10-14-6-3-2-4-7-14)19(29)27-20(25-13)30-12-18(28)26-16-9-5-8-15(11-16)21(22,23)24/h2-9,11H,10,12H2,1H3,(H,26,28)(H,25,27,29). The molecule has 0 aliphatic carbocycles. The number of aryl methyl sites for hydroxylation is 1. The molecular formula is C21H18F3N3O2S. The molecule has 0 aliphatic rings. The van der Waals surface area contributed by atoms with Gasteiger partial charge >= 0.3 is 6.18 Å². The van der Waals surface area contributed by atoms with E-state index in [1.807, 2.05) is 30.3 Å². The molecular weight excluding hydrogens is 415 g/mol. The van der Waals surface area contributed by atoms with E-state index in [1.165, 1.54) is 12.1 Å². The molecule has 156 valence electrons. The second-order valence-corrected chi connectivity index (χ2v) is 7.48. The Bertz CT molecular complexity index is 1100. The van der Waals surface area contributed by atoms with Gasteiger partial charge in [0.25, 0.3) is 5.56 Å². The van der Waals surface area contributed by atoms with Gasteiger partial charge in [-0.2, -0.15) is 13.2 Å². The highest BCUT2D eigenvalue weighted by Crippen LogP contribution is 2.30. The van der Waals surface area contributed by atoms with Gasteiger partial charge in [-0.25, -0.2) is 4.98 Å². The minimum Gasteiger partial charge on any atom is -0.325 e. The zero-order valence-corrected chi connectivity index (χ0v) is 16.7. The third kappa shape index (κ3) is 5.73. The number of rotatable bonds is 6. The van der Waals surface area contributed by atoms with Crippen LogP contribution in [0.3, 0.4) is 0 Å². The first kappa shape index (κ1) is 21.6. The van der Waals surface area contributed by atoms with Crippen molar-refractivity contribution in [2.24, 2.45) is 0 Å². The van der Waals surface area contributed by atoms with Crippen LogP contribution in [-0.4, -0.2) is 21.6 Å². The molecule has 0 radical (unpaired) electrons. The summed E-state index contributed by atoms with van der Waals surface area (Å²) in [7, 11) is 0. The van der Waals surface area contributed by atoms with Crippen molar-refractivity contribution in [2.45, 2.75) is 24.7 Å². The lowest BCUT2D eigenvalue weighted by atomic mass is 10.1. The van der Waals surface area contributed by atoms with E-state index in [4.69, 9.17) is 0 Å². The number of benzene rings is 2. The Morgan fingerprint density at radius 1 is 1.13 bits per heavy atom. The van der Waals surface area contributed by atoms with Crippen LogP contribution in [0.15, 0.2) is 64.5 Å². The maximum Gasteiger partial charge on any atom is 0.416 e. The lowest BCUT2D eigenvalue weighted by molar-refractivity contribution is -0.137. The number of aromatic nitrogens is 2. The number of H-pyrrole nitrogens is 1. The van der Waals surface area contributed by atoms with Crippen LogP contribution in [0.5, 0.6) is 0 Å². The molecule has 5 nitrogen and oxygen atoms in total. The normalized spacial score (nSPS) is 11.3. The van der Waals surface area contributed by atoms with E-state index in [0.29, 0.717) is 17.7 Å². The van der Waals surface area contributed by atoms with Gasteiger partial charge in [-0.05, 0) is 30.7 Å². The fourth-order valence-electron chi connectivity index (χ4n) is 2.77. The lowest BCUT2D eigenvalue weighted by Gasteiger charge is -2.10. The maximum atomic E-state index is 12.8. The van der Waals surface area contributed by atoms with Crippen molar-refractivity contribution >= 4 is 23.4 Å². The molecule has 9 heteroatoms. The Morgan fingerprint density at radius 2 is 1.87 bits per heavy atom. The Hall–Kier alpha value is -3.07. The van der Waals surface area contributed by atoms with Crippen LogP contribution < -0.4 is 10.9 Å². The van der Waals surface area contributed by atoms with E-state index >= 15 is 0 Å². The fraction of sp³-hybridized carbons (Fsp3) is 0.190. The summed E-state index contributed by atoms with van der Waals surface area (Å²) in [6.07, 6.45) is -4.05. The second kappa shape index (κ2) is 9.17. The first-order valence-corrected chi connectivity index (χ1v) is 9.94. The highest BCUT2D eigenvalue weighted by molar-refractivity contribution is 7.99. The van der Waals surface area contributed by atoms with Gasteiger partial charge < -0.3 is 10.3 Å². The predicted molar refractivity (Wildman–Crippen MR) is 110 cm³/mol. The number of thioether (sulfide) groups is 1. The van der Waals surface area contributed by atoms with Crippen molar-refractivity contribution in [3.8, 4) is 0 Å². The average molecular weight is 433 g/mol. The zero-order valence-electron chi connectivity index (χ0n) is 15.9. The molecule has 0 atom stereocenters. The van der Waals surface area contributed by atoms with E-state index < -0.39 is 17.6 Å². The fourth-order valence-corrected chi connectivity index (χ4v) is 3.47. The molecule has 0 unspecified atom stereocenters. The van der Waals surface area contributed by atoms with Crippen molar-refractivity contribution in [2.75, 3.05) is 11.1 Å². The monoisotopic (exact) mass is 433 g/mol. The highest BCUT2D eigenvalue weighted by atomic mass is 32.2. The Balaban J connectivity index is 1.63. The van der Waals surface area contributed by atoms with E-state index in [-0.39, 0.29) is 22.2 Å². The topological polar surface area (TPSA) is 74.8 Å². The minimum atomic E-state index is -4.49. The Kier molecular flexibility index (Phi) is 6.61. The summed E-state index contributed by atoms with van der Waals surface area (Å²) >= 11 is 1.000. The van der Waals surface area contributed by atoms with Crippen LogP contribution in [0.4, 0.5) is 18.9 Å². The molecule has 3 rings (SSSR count). The predicted octanol–water partition coefficient (Wildman–Crippen LogP) is 4.42. The van der Waals surface area contributed by atoms with E-state index in [9.17, 15) is 22.8 Å². The zero-order chi connectivity index (χ0) is 21.7. The van der Waals surface area contributed by atoms with Crippen molar-refractivity contribution in [3.05, 3.63) is 87.3 Å². The number of hydrogen-bond donors (Lipinski definition) is 2. The molecule has 3 aromatic rings. The molecule has 30 heavy (non-hydrogen) atoms. The molecule has 1 amide bonds. The Labute approximate surface area is 174 Å². The van der Waals surface area contributed by atoms with Gasteiger partial charge in [-0.1, -0.05) is 48.2 Å². The van der Waals surface area contributed by atoms with Crippen LogP contribution in [0, 0.1) is 6.92 Å². The number of nitrogens with zero attached hydrogens (tertiary/aromatic N) is 1. The van der Waals surface area contributed by atoms with Crippen LogP contribution >= 0.6 is 11.8 Å². The Morgan fingerprint density at radius 3 is 2.53 bits per heavy atom. The van der Waals surface area contributed by atoms with Crippen molar-refractivity contribution in [3.63, 3.8) is 0 Å². The molecule has 0 aliphatic heterocycles. The van der Waals surface area contributed by atoms with Crippen LogP contribution in [0.2, 0.25) is 0 Å². The second-order valence-electron chi connectivity index (χ2n) is 6.51. The largest absolute Gasteiger partial charge is 0.416 e. The smallest absolute Gasteiger partial charge is 0.325 e. The molecule has 0 spiro atoms. The van der Waals surface area contributed by atoms with Gasteiger partial charge in [-0.3, -0.25) is 9.59 Å². The third-order valence-corrected chi connectivity index (χ3v) is 5.11. The number of alkyl halides is 3. The van der Waals surface area contributed by atoms with Gasteiger partial charge in [0.15, 0.2) is 5.16 Å². The summed E-state index contributed by atoms with van der Waals surface area (Å²) in [4.78, 5) is 31.5. The minimum absolute atomic E-state index is 0.0475. The summed E-state index contributed by atoms with van der Waals surface area (Å²) in [5.41, 5.74) is 0.998. The van der Waals surface area contributed by atoms with Gasteiger partial charge in [0, 0.05) is 23.4 Å². The summed E-state index contributed by atoms with van der Waals surface area (Å²) in [5, 5.41) is 2.69. The van der Waals surface area contributed by atoms with E-state index in [1.54, 1.807) is 6.92 Å². The first-order chi connectivity index (χ1) is 14.2. The van der Waals surface area contributed by atoms with Crippen LogP contribution in [-0.2, 0) is 17.4 Å². The molecule has 0 saturated heterocycles. The van der Waals surface area contributed by atoms with Crippen LogP contribution in [0.1, 0.15) is 22.4 Å². The summed E-state index contributed by atoms with van der Waals surface area (Å²) in [6.45, 7) is 1.72. The van der Waals surface area contributed by atoms with Gasteiger partial charge in [0.05, 0.1) is 11.3 Å². The van der Waals surface area contributed by atoms with Crippen molar-refractivity contribution in [1.82, 2.24) is 9.97 Å². The number of carbonyl (C=O) groups excluding carboxylic acids is 1. The molecule has 2 aromatic carbocycles. The lowest BCUT2D eigenvalue weighted by Crippen LogP contribution is -2.19. The number of hydrogen-bond acceptors (Lipinski definition) is 4. The molecule has 1 aromatic heterocycles. The number of amides is 1. The maximum absolute atomic E-state index is 12.8. The molecule has 2 N–H and O–H groups in total. The molecule has 1 heterocycles. The van der Waals surface area contributed by atoms with Gasteiger partial charge in [0.2, 0.25) is 5.91 Å². The highest BCUT2D eigenvalue weighted by Gasteiger charge is 2.30. The van der Waals surface area contributed by atoms with Gasteiger partial charge in [0.1, 0.15) is 0 Å². The number of nitrogens with one attached hydrogen (secondary N) is 2. The van der Waals surface area contributed by atoms with Crippen molar-refractivity contribution < 1.29 is 18.0 Å². The van der Waals surface area contributed by atoms with E-state index in [2.05, 4.69) is 15.3 Å². The van der Waals surface area contributed by atoms with Gasteiger partial charge in [-0.15, -0.1) is 0 Å². The van der Waals surface area contributed by atoms with Crippen LogP contribution in [0.25, 0.3) is 0 Å². The van der Waals surface area contributed by atoms with E-state index in [0.717, 1.165) is 29.5 Å². The first-order valence-electron chi connectivity index (χ1n) is 8.96. The molecule has 0 saturated carbocycles. The third-order valence-electron chi connectivity index (χ3n) is 4.24. The summed E-state index contributed by atoms with van der Waals surface area (Å²) in [6, 6.07) is 13.9. The molecule has 0 bridgehead atoms. The number of halogens is 3. The quantitative estimate of drug-likeness (QED) is 0.446. The summed E-state index contributed by atoms with van der Waals surface area (Å²) in [5.74, 6) is -0.621.